The van der Waals surface area contributed by atoms with Gasteiger partial charge in [-0.15, -0.1) is 0 Å². The number of likely N-dealkylation sites (N-methyl/N-ethyl adjacent to an activating group) is 1. The molecule has 1 N–H and O–H groups in total. The summed E-state index contributed by atoms with van der Waals surface area (Å²) >= 11 is 0. The summed E-state index contributed by atoms with van der Waals surface area (Å²) in [5, 5.41) is 3.08. The Morgan fingerprint density at radius 2 is 1.83 bits per heavy atom. The van der Waals surface area contributed by atoms with Gasteiger partial charge in [0.05, 0.1) is 11.4 Å². The number of nitrogens with zero attached hydrogens (tertiary/aromatic N) is 2. The third-order valence-corrected chi connectivity index (χ3v) is 2.59. The molecule has 0 saturated carbocycles. The third-order valence-electron chi connectivity index (χ3n) is 2.59. The van der Waals surface area contributed by atoms with Crippen molar-refractivity contribution < 1.29 is 0 Å². The van der Waals surface area contributed by atoms with E-state index in [1.165, 1.54) is 5.56 Å². The molecule has 0 aliphatic heterocycles. The molecule has 0 aliphatic rings. The van der Waals surface area contributed by atoms with E-state index in [-0.39, 0.29) is 0 Å². The van der Waals surface area contributed by atoms with Gasteiger partial charge in [-0.2, -0.15) is 0 Å². The van der Waals surface area contributed by atoms with Gasteiger partial charge >= 0.3 is 0 Å². The lowest BCUT2D eigenvalue weighted by molar-refractivity contribution is 0.922. The SMILES string of the molecule is CNC/C=C/c1ccnc(-c2cc(C)ccn2)c1. The molecule has 2 aromatic heterocycles. The first-order chi connectivity index (χ1) is 8.79. The lowest BCUT2D eigenvalue weighted by Gasteiger charge is -2.02. The summed E-state index contributed by atoms with van der Waals surface area (Å²) in [5.41, 5.74) is 4.15. The van der Waals surface area contributed by atoms with Crippen LogP contribution in [0.2, 0.25) is 0 Å². The van der Waals surface area contributed by atoms with Crippen molar-refractivity contribution in [2.45, 2.75) is 6.92 Å². The second-order valence-corrected chi connectivity index (χ2v) is 4.15. The van der Waals surface area contributed by atoms with Gasteiger partial charge in [0.1, 0.15) is 0 Å². The Kier molecular flexibility index (Phi) is 4.20. The Bertz CT molecular complexity index is 547. The minimum Gasteiger partial charge on any atom is -0.316 e. The van der Waals surface area contributed by atoms with E-state index in [2.05, 4.69) is 34.4 Å². The Morgan fingerprint density at radius 3 is 2.56 bits per heavy atom. The van der Waals surface area contributed by atoms with Crippen molar-refractivity contribution in [3.8, 4) is 11.4 Å². The second kappa shape index (κ2) is 6.07. The standard InChI is InChI=1S/C15H17N3/c1-12-5-8-17-14(10-12)15-11-13(6-9-18-15)4-3-7-16-2/h3-6,8-11,16H,7H2,1-2H3/b4-3+. The smallest absolute Gasteiger partial charge is 0.0892 e. The summed E-state index contributed by atoms with van der Waals surface area (Å²) in [6, 6.07) is 8.07. The molecule has 0 radical (unpaired) electrons. The molecule has 0 unspecified atom stereocenters. The molecule has 2 aromatic rings. The van der Waals surface area contributed by atoms with Crippen molar-refractivity contribution in [2.24, 2.45) is 0 Å². The number of nitrogens with one attached hydrogen (secondary N) is 1. The molecule has 0 aromatic carbocycles. The number of aromatic nitrogens is 2. The molecule has 0 fully saturated rings. The van der Waals surface area contributed by atoms with E-state index in [1.54, 1.807) is 0 Å². The van der Waals surface area contributed by atoms with E-state index >= 15 is 0 Å². The molecule has 0 aliphatic carbocycles. The van der Waals surface area contributed by atoms with Gasteiger partial charge in [0.15, 0.2) is 0 Å². The van der Waals surface area contributed by atoms with Crippen LogP contribution in [0.15, 0.2) is 42.7 Å². The van der Waals surface area contributed by atoms with E-state index in [9.17, 15) is 0 Å². The van der Waals surface area contributed by atoms with Gasteiger partial charge in [-0.05, 0) is 49.4 Å². The van der Waals surface area contributed by atoms with Gasteiger partial charge in [0.2, 0.25) is 0 Å². The summed E-state index contributed by atoms with van der Waals surface area (Å²) in [7, 11) is 1.93. The molecule has 0 amide bonds. The summed E-state index contributed by atoms with van der Waals surface area (Å²) < 4.78 is 0. The van der Waals surface area contributed by atoms with E-state index in [1.807, 2.05) is 43.7 Å². The number of aryl methyl sites for hydroxylation is 1. The van der Waals surface area contributed by atoms with E-state index in [4.69, 9.17) is 0 Å². The van der Waals surface area contributed by atoms with Crippen LogP contribution in [-0.4, -0.2) is 23.6 Å². The summed E-state index contributed by atoms with van der Waals surface area (Å²) in [6.07, 6.45) is 7.80. The summed E-state index contributed by atoms with van der Waals surface area (Å²) in [5.74, 6) is 0. The zero-order valence-corrected chi connectivity index (χ0v) is 10.7. The van der Waals surface area contributed by atoms with Gasteiger partial charge in [0.25, 0.3) is 0 Å². The Morgan fingerprint density at radius 1 is 1.11 bits per heavy atom. The fourth-order valence-corrected chi connectivity index (χ4v) is 1.68. The lowest BCUT2D eigenvalue weighted by Crippen LogP contribution is -2.03. The second-order valence-electron chi connectivity index (χ2n) is 4.15. The average molecular weight is 239 g/mol. The average Bonchev–Trinajstić information content (AvgIpc) is 2.39. The molecular weight excluding hydrogens is 222 g/mol. The molecule has 3 nitrogen and oxygen atoms in total. The minimum absolute atomic E-state index is 0.861. The first-order valence-electron chi connectivity index (χ1n) is 6.00. The maximum atomic E-state index is 4.37. The third kappa shape index (κ3) is 3.25. The number of hydrogen-bond donors (Lipinski definition) is 1. The van der Waals surface area contributed by atoms with Crippen LogP contribution in [-0.2, 0) is 0 Å². The molecule has 92 valence electrons. The van der Waals surface area contributed by atoms with Crippen LogP contribution in [0.3, 0.4) is 0 Å². The van der Waals surface area contributed by atoms with Crippen molar-refractivity contribution in [3.63, 3.8) is 0 Å². The van der Waals surface area contributed by atoms with Gasteiger partial charge in [-0.1, -0.05) is 12.2 Å². The van der Waals surface area contributed by atoms with Crippen LogP contribution < -0.4 is 5.32 Å². The van der Waals surface area contributed by atoms with Crippen LogP contribution in [0.4, 0.5) is 0 Å². The molecule has 2 heterocycles. The van der Waals surface area contributed by atoms with Crippen molar-refractivity contribution in [2.75, 3.05) is 13.6 Å². The highest BCUT2D eigenvalue weighted by Gasteiger charge is 2.01. The van der Waals surface area contributed by atoms with Gasteiger partial charge in [-0.3, -0.25) is 9.97 Å². The van der Waals surface area contributed by atoms with Crippen LogP contribution in [0.5, 0.6) is 0 Å². The normalized spacial score (nSPS) is 11.0. The largest absolute Gasteiger partial charge is 0.316 e. The van der Waals surface area contributed by atoms with Gasteiger partial charge in [0, 0.05) is 18.9 Å². The molecule has 0 bridgehead atoms. The lowest BCUT2D eigenvalue weighted by atomic mass is 10.1. The predicted octanol–water partition coefficient (Wildman–Crippen LogP) is 2.68. The molecule has 0 atom stereocenters. The fraction of sp³-hybridized carbons (Fsp3) is 0.200. The first-order valence-corrected chi connectivity index (χ1v) is 6.00. The van der Waals surface area contributed by atoms with Crippen LogP contribution in [0.1, 0.15) is 11.1 Å². The highest BCUT2D eigenvalue weighted by atomic mass is 14.8. The zero-order chi connectivity index (χ0) is 12.8. The van der Waals surface area contributed by atoms with Crippen molar-refractivity contribution in [1.29, 1.82) is 0 Å². The van der Waals surface area contributed by atoms with E-state index in [0.717, 1.165) is 23.5 Å². The van der Waals surface area contributed by atoms with Crippen molar-refractivity contribution >= 4 is 6.08 Å². The Labute approximate surface area is 108 Å². The minimum atomic E-state index is 0.861. The quantitative estimate of drug-likeness (QED) is 0.891. The maximum Gasteiger partial charge on any atom is 0.0892 e. The van der Waals surface area contributed by atoms with Crippen LogP contribution in [0, 0.1) is 6.92 Å². The summed E-state index contributed by atoms with van der Waals surface area (Å²) in [4.78, 5) is 8.72. The fourth-order valence-electron chi connectivity index (χ4n) is 1.68. The number of pyridine rings is 2. The molecule has 2 rings (SSSR count). The van der Waals surface area contributed by atoms with E-state index in [0.29, 0.717) is 0 Å². The Hall–Kier alpha value is -2.00. The molecule has 0 saturated heterocycles. The highest BCUT2D eigenvalue weighted by molar-refractivity contribution is 5.60. The van der Waals surface area contributed by atoms with Crippen molar-refractivity contribution in [3.05, 3.63) is 53.9 Å². The first kappa shape index (κ1) is 12.5. The van der Waals surface area contributed by atoms with Gasteiger partial charge < -0.3 is 5.32 Å². The van der Waals surface area contributed by atoms with Crippen molar-refractivity contribution in [1.82, 2.24) is 15.3 Å². The molecule has 3 heteroatoms. The topological polar surface area (TPSA) is 37.8 Å². The van der Waals surface area contributed by atoms with Crippen LogP contribution >= 0.6 is 0 Å². The summed E-state index contributed by atoms with van der Waals surface area (Å²) in [6.45, 7) is 2.92. The maximum absolute atomic E-state index is 4.37. The monoisotopic (exact) mass is 239 g/mol. The molecule has 0 spiro atoms. The molecular formula is C15H17N3. The number of rotatable bonds is 4. The van der Waals surface area contributed by atoms with Crippen LogP contribution in [0.25, 0.3) is 17.5 Å². The predicted molar refractivity (Wildman–Crippen MR) is 75.2 cm³/mol. The highest BCUT2D eigenvalue weighted by Crippen LogP contribution is 2.16. The number of hydrogen-bond acceptors (Lipinski definition) is 3. The van der Waals surface area contributed by atoms with E-state index < -0.39 is 0 Å². The van der Waals surface area contributed by atoms with Gasteiger partial charge in [-0.25, -0.2) is 0 Å². The molecule has 18 heavy (non-hydrogen) atoms. The Balaban J connectivity index is 2.27. The zero-order valence-electron chi connectivity index (χ0n) is 10.7.